The lowest BCUT2D eigenvalue weighted by atomic mass is 10.0. The van der Waals surface area contributed by atoms with Crippen LogP contribution in [-0.4, -0.2) is 38.7 Å². The van der Waals surface area contributed by atoms with Crippen LogP contribution in [0.5, 0.6) is 0 Å². The topological polar surface area (TPSA) is 84.2 Å². The molecule has 6 nitrogen and oxygen atoms in total. The number of nitrogens with one attached hydrogen (secondary N) is 1. The smallest absolute Gasteiger partial charge is 0.251 e. The molecular weight excluding hydrogens is 390 g/mol. The normalized spacial score (nSPS) is 12.4. The van der Waals surface area contributed by atoms with Gasteiger partial charge in [0.2, 0.25) is 0 Å². The van der Waals surface area contributed by atoms with Gasteiger partial charge in [-0.3, -0.25) is 14.3 Å². The molecular formula is C25H25N3O3. The lowest BCUT2D eigenvalue weighted by molar-refractivity contribution is -0.122. The van der Waals surface area contributed by atoms with Gasteiger partial charge >= 0.3 is 0 Å². The van der Waals surface area contributed by atoms with E-state index >= 15 is 0 Å². The monoisotopic (exact) mass is 415 g/mol. The molecule has 0 aliphatic heterocycles. The summed E-state index contributed by atoms with van der Waals surface area (Å²) in [5.74, 6) is 5.59. The van der Waals surface area contributed by atoms with Gasteiger partial charge in [-0.1, -0.05) is 30.9 Å². The Morgan fingerprint density at radius 2 is 1.61 bits per heavy atom. The molecule has 0 saturated carbocycles. The number of Topliss-reactive ketones (excluding diaryl/α,β-unsaturated/α-hetero) is 1. The van der Waals surface area contributed by atoms with E-state index in [0.717, 1.165) is 22.4 Å². The highest BCUT2D eigenvalue weighted by molar-refractivity contribution is 5.98. The summed E-state index contributed by atoms with van der Waals surface area (Å²) in [6.07, 6.45) is 1.05. The van der Waals surface area contributed by atoms with Gasteiger partial charge in [0.1, 0.15) is 6.04 Å². The van der Waals surface area contributed by atoms with Gasteiger partial charge < -0.3 is 10.4 Å². The average molecular weight is 415 g/mol. The van der Waals surface area contributed by atoms with E-state index < -0.39 is 18.1 Å². The van der Waals surface area contributed by atoms with Crippen molar-refractivity contribution in [1.82, 2.24) is 15.1 Å². The lowest BCUT2D eigenvalue weighted by Crippen LogP contribution is -2.47. The molecule has 2 N–H and O–H groups in total. The van der Waals surface area contributed by atoms with Crippen LogP contribution in [0.1, 0.15) is 41.8 Å². The molecule has 0 aliphatic rings. The number of nitrogens with zero attached hydrogens (tertiary/aromatic N) is 2. The minimum Gasteiger partial charge on any atom is -0.391 e. The van der Waals surface area contributed by atoms with Gasteiger partial charge in [-0.05, 0) is 55.0 Å². The third kappa shape index (κ3) is 5.47. The van der Waals surface area contributed by atoms with Crippen LogP contribution in [-0.2, 0) is 11.8 Å². The van der Waals surface area contributed by atoms with Crippen LogP contribution < -0.4 is 5.32 Å². The summed E-state index contributed by atoms with van der Waals surface area (Å²) in [4.78, 5) is 24.3. The van der Waals surface area contributed by atoms with Crippen LogP contribution in [0.4, 0.5) is 0 Å². The SMILES string of the molecule is CCC(=O)[C@@H](NC(=O)c1ccc(C#Cc2ccc(-c3ccnn3C)cc2)cc1)[C@H](C)O. The number of aliphatic hydroxyl groups excluding tert-OH is 1. The second kappa shape index (κ2) is 9.88. The fourth-order valence-corrected chi connectivity index (χ4v) is 3.15. The summed E-state index contributed by atoms with van der Waals surface area (Å²) in [7, 11) is 1.90. The largest absolute Gasteiger partial charge is 0.391 e. The van der Waals surface area contributed by atoms with Gasteiger partial charge in [0, 0.05) is 36.4 Å². The molecule has 0 fully saturated rings. The molecule has 1 heterocycles. The van der Waals surface area contributed by atoms with Crippen molar-refractivity contribution in [2.24, 2.45) is 7.05 Å². The molecule has 0 radical (unpaired) electrons. The maximum atomic E-state index is 12.4. The molecule has 0 spiro atoms. The van der Waals surface area contributed by atoms with Gasteiger partial charge in [0.15, 0.2) is 5.78 Å². The Bertz CT molecular complexity index is 1120. The molecule has 1 amide bonds. The minimum absolute atomic E-state index is 0.208. The van der Waals surface area contributed by atoms with Gasteiger partial charge in [0.05, 0.1) is 11.8 Å². The molecule has 0 saturated heterocycles. The summed E-state index contributed by atoms with van der Waals surface area (Å²) in [6, 6.07) is 15.8. The second-order valence-corrected chi connectivity index (χ2v) is 7.26. The Labute approximate surface area is 181 Å². The predicted molar refractivity (Wildman–Crippen MR) is 119 cm³/mol. The number of ketones is 1. The zero-order valence-corrected chi connectivity index (χ0v) is 17.8. The first kappa shape index (κ1) is 22.0. The number of amides is 1. The highest BCUT2D eigenvalue weighted by atomic mass is 16.3. The van der Waals surface area contributed by atoms with Crippen LogP contribution >= 0.6 is 0 Å². The average Bonchev–Trinajstić information content (AvgIpc) is 3.21. The summed E-state index contributed by atoms with van der Waals surface area (Å²) < 4.78 is 1.82. The molecule has 2 atom stereocenters. The van der Waals surface area contributed by atoms with E-state index in [2.05, 4.69) is 22.3 Å². The molecule has 0 unspecified atom stereocenters. The van der Waals surface area contributed by atoms with Crippen LogP contribution in [0.15, 0.2) is 60.8 Å². The Hall–Kier alpha value is -3.69. The van der Waals surface area contributed by atoms with Gasteiger partial charge in [-0.2, -0.15) is 5.10 Å². The Morgan fingerprint density at radius 3 is 2.10 bits per heavy atom. The first-order chi connectivity index (χ1) is 14.9. The van der Waals surface area contributed by atoms with Crippen molar-refractivity contribution in [2.45, 2.75) is 32.4 Å². The van der Waals surface area contributed by atoms with E-state index in [-0.39, 0.29) is 12.2 Å². The highest BCUT2D eigenvalue weighted by Gasteiger charge is 2.24. The molecule has 2 aromatic carbocycles. The fourth-order valence-electron chi connectivity index (χ4n) is 3.15. The summed E-state index contributed by atoms with van der Waals surface area (Å²) >= 11 is 0. The van der Waals surface area contributed by atoms with Crippen LogP contribution in [0.3, 0.4) is 0 Å². The van der Waals surface area contributed by atoms with Crippen molar-refractivity contribution in [3.63, 3.8) is 0 Å². The van der Waals surface area contributed by atoms with Crippen molar-refractivity contribution >= 4 is 11.7 Å². The van der Waals surface area contributed by atoms with Crippen LogP contribution in [0.25, 0.3) is 11.3 Å². The standard InChI is InChI=1S/C25H25N3O3/c1-4-23(30)24(17(2)29)27-25(31)21-13-9-19(10-14-21)6-5-18-7-11-20(12-8-18)22-15-16-26-28(22)3/h7-17,24,29H,4H2,1-3H3,(H,27,31)/t17-,24-/m0/s1. The molecule has 1 aromatic heterocycles. The maximum absolute atomic E-state index is 12.4. The quantitative estimate of drug-likeness (QED) is 0.607. The highest BCUT2D eigenvalue weighted by Crippen LogP contribution is 2.18. The van der Waals surface area contributed by atoms with Crippen molar-refractivity contribution < 1.29 is 14.7 Å². The van der Waals surface area contributed by atoms with E-state index in [1.165, 1.54) is 6.92 Å². The number of aryl methyl sites for hydroxylation is 1. The summed E-state index contributed by atoms with van der Waals surface area (Å²) in [5.41, 5.74) is 4.15. The zero-order chi connectivity index (χ0) is 22.4. The van der Waals surface area contributed by atoms with Gasteiger partial charge in [0.25, 0.3) is 5.91 Å². The van der Waals surface area contributed by atoms with Gasteiger partial charge in [-0.15, -0.1) is 0 Å². The number of aromatic nitrogens is 2. The van der Waals surface area contributed by atoms with Crippen LogP contribution in [0, 0.1) is 11.8 Å². The third-order valence-electron chi connectivity index (χ3n) is 4.96. The van der Waals surface area contributed by atoms with E-state index in [0.29, 0.717) is 5.56 Å². The molecule has 3 rings (SSSR count). The molecule has 6 heteroatoms. The Balaban J connectivity index is 1.67. The fraction of sp³-hybridized carbons (Fsp3) is 0.240. The number of carbonyl (C=O) groups excluding carboxylic acids is 2. The first-order valence-corrected chi connectivity index (χ1v) is 10.1. The number of benzene rings is 2. The Morgan fingerprint density at radius 1 is 1.03 bits per heavy atom. The number of hydrogen-bond acceptors (Lipinski definition) is 4. The molecule has 3 aromatic rings. The van der Waals surface area contributed by atoms with Crippen molar-refractivity contribution in [3.8, 4) is 23.1 Å². The number of aliphatic hydroxyl groups is 1. The molecule has 31 heavy (non-hydrogen) atoms. The Kier molecular flexibility index (Phi) is 7.01. The maximum Gasteiger partial charge on any atom is 0.251 e. The zero-order valence-electron chi connectivity index (χ0n) is 17.8. The summed E-state index contributed by atoms with van der Waals surface area (Å²) in [6.45, 7) is 3.18. The molecule has 0 bridgehead atoms. The summed E-state index contributed by atoms with van der Waals surface area (Å²) in [5, 5.41) is 16.5. The predicted octanol–water partition coefficient (Wildman–Crippen LogP) is 2.95. The van der Waals surface area contributed by atoms with Crippen molar-refractivity contribution in [1.29, 1.82) is 0 Å². The van der Waals surface area contributed by atoms with E-state index in [9.17, 15) is 14.7 Å². The van der Waals surface area contributed by atoms with Crippen molar-refractivity contribution in [2.75, 3.05) is 0 Å². The van der Waals surface area contributed by atoms with E-state index in [4.69, 9.17) is 0 Å². The van der Waals surface area contributed by atoms with Crippen LogP contribution in [0.2, 0.25) is 0 Å². The lowest BCUT2D eigenvalue weighted by Gasteiger charge is -2.19. The number of hydrogen-bond donors (Lipinski definition) is 2. The minimum atomic E-state index is -0.953. The molecule has 158 valence electrons. The van der Waals surface area contributed by atoms with E-state index in [1.807, 2.05) is 42.1 Å². The number of carbonyl (C=O) groups is 2. The first-order valence-electron chi connectivity index (χ1n) is 10.1. The molecule has 0 aliphatic carbocycles. The number of rotatable bonds is 6. The van der Waals surface area contributed by atoms with Gasteiger partial charge in [-0.25, -0.2) is 0 Å². The second-order valence-electron chi connectivity index (χ2n) is 7.26. The van der Waals surface area contributed by atoms with Crippen molar-refractivity contribution in [3.05, 3.63) is 77.5 Å². The third-order valence-corrected chi connectivity index (χ3v) is 4.96. The van der Waals surface area contributed by atoms with E-state index in [1.54, 1.807) is 37.4 Å².